The molecule has 0 unspecified atom stereocenters. The minimum Gasteiger partial charge on any atom is -0.490 e. The molecule has 2 aromatic carbocycles. The van der Waals surface area contributed by atoms with Crippen molar-refractivity contribution in [2.24, 2.45) is 4.99 Å². The molecule has 2 aromatic rings. The fraction of sp³-hybridized carbons (Fsp3) is 0.300. The summed E-state index contributed by atoms with van der Waals surface area (Å²) in [5, 5.41) is 0. The van der Waals surface area contributed by atoms with Crippen molar-refractivity contribution in [1.82, 2.24) is 4.90 Å². The second kappa shape index (κ2) is 6.24. The molecule has 0 bridgehead atoms. The minimum absolute atomic E-state index is 0.00357. The fourth-order valence-corrected chi connectivity index (χ4v) is 3.39. The Kier molecular flexibility index (Phi) is 3.92. The van der Waals surface area contributed by atoms with Gasteiger partial charge in [-0.15, -0.1) is 0 Å². The predicted octanol–water partition coefficient (Wildman–Crippen LogP) is 2.72. The van der Waals surface area contributed by atoms with Crippen molar-refractivity contribution < 1.29 is 9.53 Å². The highest BCUT2D eigenvalue weighted by atomic mass is 16.5. The molecule has 1 amide bonds. The number of rotatable bonds is 3. The topological polar surface area (TPSA) is 45.1 Å². The average Bonchev–Trinajstić information content (AvgIpc) is 3.11. The van der Waals surface area contributed by atoms with Crippen LogP contribution in [0.1, 0.15) is 27.0 Å². The van der Waals surface area contributed by atoms with Gasteiger partial charge in [0.1, 0.15) is 12.4 Å². The molecule has 0 radical (unpaired) electrons. The fourth-order valence-electron chi connectivity index (χ4n) is 3.39. The molecule has 0 aromatic heterocycles. The number of carbonyl (C=O) groups excluding carboxylic acids is 1. The van der Waals surface area contributed by atoms with Gasteiger partial charge in [-0.2, -0.15) is 0 Å². The average molecular weight is 335 g/mol. The summed E-state index contributed by atoms with van der Waals surface area (Å²) in [4.78, 5) is 21.1. The lowest BCUT2D eigenvalue weighted by Crippen LogP contribution is -2.30. The van der Waals surface area contributed by atoms with Crippen molar-refractivity contribution in [1.29, 1.82) is 0 Å². The van der Waals surface area contributed by atoms with Crippen LogP contribution in [0.4, 0.5) is 5.69 Å². The number of ether oxygens (including phenoxy) is 1. The molecular formula is C20H21N3O2. The SMILES string of the molecule is CN(Cc1cccc2c1CN=C2)C(=O)c1ccc2c(c1)OCCN2C. The number of likely N-dealkylation sites (N-methyl/N-ethyl adjacent to an activating group) is 1. The molecule has 0 N–H and O–H groups in total. The van der Waals surface area contributed by atoms with Gasteiger partial charge in [-0.3, -0.25) is 9.79 Å². The molecule has 2 aliphatic heterocycles. The highest BCUT2D eigenvalue weighted by Crippen LogP contribution is 2.32. The molecule has 4 rings (SSSR count). The quantitative estimate of drug-likeness (QED) is 0.866. The molecule has 0 fully saturated rings. The van der Waals surface area contributed by atoms with Crippen molar-refractivity contribution in [3.05, 3.63) is 58.7 Å². The summed E-state index contributed by atoms with van der Waals surface area (Å²) >= 11 is 0. The van der Waals surface area contributed by atoms with Crippen molar-refractivity contribution >= 4 is 17.8 Å². The first-order chi connectivity index (χ1) is 12.1. The van der Waals surface area contributed by atoms with Gasteiger partial charge < -0.3 is 14.5 Å². The molecule has 0 spiro atoms. The Morgan fingerprint density at radius 1 is 1.32 bits per heavy atom. The Hall–Kier alpha value is -2.82. The standard InChI is InChI=1S/C20H21N3O2/c1-22-8-9-25-19-10-14(6-7-18(19)22)20(24)23(2)13-16-5-3-4-15-11-21-12-17(15)16/h3-7,10-11H,8-9,12-13H2,1-2H3. The maximum Gasteiger partial charge on any atom is 0.254 e. The lowest BCUT2D eigenvalue weighted by Gasteiger charge is -2.28. The second-order valence-electron chi connectivity index (χ2n) is 6.57. The van der Waals surface area contributed by atoms with E-state index in [1.54, 1.807) is 4.90 Å². The van der Waals surface area contributed by atoms with Crippen LogP contribution in [0.3, 0.4) is 0 Å². The van der Waals surface area contributed by atoms with Crippen LogP contribution in [-0.2, 0) is 13.1 Å². The van der Waals surface area contributed by atoms with Gasteiger partial charge in [0.15, 0.2) is 0 Å². The van der Waals surface area contributed by atoms with E-state index in [1.165, 1.54) is 5.56 Å². The number of anilines is 1. The first-order valence-electron chi connectivity index (χ1n) is 8.47. The zero-order valence-corrected chi connectivity index (χ0v) is 14.5. The summed E-state index contributed by atoms with van der Waals surface area (Å²) in [5.41, 5.74) is 5.21. The molecule has 0 atom stereocenters. The molecule has 2 aliphatic rings. The van der Waals surface area contributed by atoms with Gasteiger partial charge in [-0.25, -0.2) is 0 Å². The molecule has 5 nitrogen and oxygen atoms in total. The van der Waals surface area contributed by atoms with E-state index in [2.05, 4.69) is 22.0 Å². The summed E-state index contributed by atoms with van der Waals surface area (Å²) in [6, 6.07) is 11.8. The Morgan fingerprint density at radius 2 is 2.20 bits per heavy atom. The Balaban J connectivity index is 1.54. The third-order valence-corrected chi connectivity index (χ3v) is 4.85. The monoisotopic (exact) mass is 335 g/mol. The van der Waals surface area contributed by atoms with Crippen LogP contribution in [0.25, 0.3) is 0 Å². The third kappa shape index (κ3) is 2.86. The van der Waals surface area contributed by atoms with E-state index in [9.17, 15) is 4.79 Å². The molecule has 5 heteroatoms. The van der Waals surface area contributed by atoms with Crippen LogP contribution < -0.4 is 9.64 Å². The van der Waals surface area contributed by atoms with Crippen LogP contribution >= 0.6 is 0 Å². The van der Waals surface area contributed by atoms with Gasteiger partial charge in [0.05, 0.1) is 18.8 Å². The van der Waals surface area contributed by atoms with Crippen LogP contribution in [0.5, 0.6) is 5.75 Å². The van der Waals surface area contributed by atoms with Crippen molar-refractivity contribution in [2.75, 3.05) is 32.1 Å². The number of aliphatic imine (C=N–C) groups is 1. The number of hydrogen-bond acceptors (Lipinski definition) is 4. The first-order valence-corrected chi connectivity index (χ1v) is 8.47. The van der Waals surface area contributed by atoms with Crippen LogP contribution in [0.15, 0.2) is 41.4 Å². The van der Waals surface area contributed by atoms with Crippen LogP contribution in [-0.4, -0.2) is 44.3 Å². The largest absolute Gasteiger partial charge is 0.490 e. The maximum absolute atomic E-state index is 12.8. The van der Waals surface area contributed by atoms with Crippen LogP contribution in [0.2, 0.25) is 0 Å². The maximum atomic E-state index is 12.8. The third-order valence-electron chi connectivity index (χ3n) is 4.85. The lowest BCUT2D eigenvalue weighted by atomic mass is 10.0. The highest BCUT2D eigenvalue weighted by molar-refractivity contribution is 5.95. The van der Waals surface area contributed by atoms with E-state index in [0.717, 1.165) is 29.1 Å². The molecule has 0 aliphatic carbocycles. The molecule has 0 saturated carbocycles. The Labute approximate surface area is 147 Å². The first kappa shape index (κ1) is 15.7. The molecule has 0 saturated heterocycles. The van der Waals surface area contributed by atoms with E-state index < -0.39 is 0 Å². The van der Waals surface area contributed by atoms with E-state index in [1.807, 2.05) is 44.6 Å². The summed E-state index contributed by atoms with van der Waals surface area (Å²) in [7, 11) is 3.87. The van der Waals surface area contributed by atoms with E-state index in [4.69, 9.17) is 4.74 Å². The molecular weight excluding hydrogens is 314 g/mol. The number of amides is 1. The number of benzene rings is 2. The number of nitrogens with zero attached hydrogens (tertiary/aromatic N) is 3. The highest BCUT2D eigenvalue weighted by Gasteiger charge is 2.20. The van der Waals surface area contributed by atoms with Crippen molar-refractivity contribution in [3.63, 3.8) is 0 Å². The van der Waals surface area contributed by atoms with Gasteiger partial charge in [0.2, 0.25) is 0 Å². The number of carbonyl (C=O) groups is 1. The molecule has 128 valence electrons. The molecule has 25 heavy (non-hydrogen) atoms. The Bertz CT molecular complexity index is 860. The van der Waals surface area contributed by atoms with Crippen molar-refractivity contribution in [3.8, 4) is 5.75 Å². The summed E-state index contributed by atoms with van der Waals surface area (Å²) in [6.45, 7) is 2.78. The van der Waals surface area contributed by atoms with Gasteiger partial charge >= 0.3 is 0 Å². The van der Waals surface area contributed by atoms with E-state index in [0.29, 0.717) is 25.3 Å². The summed E-state index contributed by atoms with van der Waals surface area (Å²) in [6.07, 6.45) is 1.90. The van der Waals surface area contributed by atoms with E-state index in [-0.39, 0.29) is 5.91 Å². The normalized spacial score (nSPS) is 14.7. The second-order valence-corrected chi connectivity index (χ2v) is 6.57. The molecule has 2 heterocycles. The van der Waals surface area contributed by atoms with Gasteiger partial charge in [-0.05, 0) is 34.9 Å². The van der Waals surface area contributed by atoms with Crippen molar-refractivity contribution in [2.45, 2.75) is 13.1 Å². The van der Waals surface area contributed by atoms with Gasteiger partial charge in [0, 0.05) is 32.4 Å². The zero-order valence-electron chi connectivity index (χ0n) is 14.5. The summed E-state index contributed by atoms with van der Waals surface area (Å²) in [5.74, 6) is 0.776. The van der Waals surface area contributed by atoms with Gasteiger partial charge in [0.25, 0.3) is 5.91 Å². The smallest absolute Gasteiger partial charge is 0.254 e. The number of hydrogen-bond donors (Lipinski definition) is 0. The van der Waals surface area contributed by atoms with Crippen LogP contribution in [0, 0.1) is 0 Å². The summed E-state index contributed by atoms with van der Waals surface area (Å²) < 4.78 is 5.71. The number of fused-ring (bicyclic) bond motifs is 2. The van der Waals surface area contributed by atoms with Gasteiger partial charge in [-0.1, -0.05) is 18.2 Å². The lowest BCUT2D eigenvalue weighted by molar-refractivity contribution is 0.0784. The minimum atomic E-state index is -0.00357. The Morgan fingerprint density at radius 3 is 3.08 bits per heavy atom. The predicted molar refractivity (Wildman–Crippen MR) is 98.7 cm³/mol. The van der Waals surface area contributed by atoms with E-state index >= 15 is 0 Å². The zero-order chi connectivity index (χ0) is 17.4.